The van der Waals surface area contributed by atoms with Crippen molar-refractivity contribution in [2.45, 2.75) is 65.0 Å². The third-order valence-corrected chi connectivity index (χ3v) is 4.85. The second-order valence-corrected chi connectivity index (χ2v) is 7.66. The summed E-state index contributed by atoms with van der Waals surface area (Å²) in [6.07, 6.45) is 5.61. The van der Waals surface area contributed by atoms with Crippen molar-refractivity contribution in [1.82, 2.24) is 20.7 Å². The van der Waals surface area contributed by atoms with Gasteiger partial charge in [0.2, 0.25) is 0 Å². The van der Waals surface area contributed by atoms with Gasteiger partial charge in [0.25, 0.3) is 0 Å². The summed E-state index contributed by atoms with van der Waals surface area (Å²) in [5.74, 6) is 3.01. The number of aromatic nitrogens is 1. The van der Waals surface area contributed by atoms with E-state index in [1.807, 2.05) is 6.07 Å². The Morgan fingerprint density at radius 3 is 2.65 bits per heavy atom. The van der Waals surface area contributed by atoms with Gasteiger partial charge in [-0.15, -0.1) is 24.0 Å². The summed E-state index contributed by atoms with van der Waals surface area (Å²) in [5.41, 5.74) is 0.989. The first kappa shape index (κ1) is 21.5. The Kier molecular flexibility index (Phi) is 8.66. The second kappa shape index (κ2) is 10.5. The fourth-order valence-electron chi connectivity index (χ4n) is 2.99. The largest absolute Gasteiger partial charge is 0.359 e. The number of rotatable bonds is 10. The molecule has 0 saturated heterocycles. The monoisotopic (exact) mass is 475 g/mol. The summed E-state index contributed by atoms with van der Waals surface area (Å²) < 4.78 is 5.37. The summed E-state index contributed by atoms with van der Waals surface area (Å²) in [4.78, 5) is 7.30. The highest BCUT2D eigenvalue weighted by atomic mass is 127. The Morgan fingerprint density at radius 1 is 1.31 bits per heavy atom. The molecule has 0 aliphatic heterocycles. The van der Waals surface area contributed by atoms with E-state index in [1.165, 1.54) is 32.2 Å². The molecule has 2 fully saturated rings. The predicted molar refractivity (Wildman–Crippen MR) is 116 cm³/mol. The van der Waals surface area contributed by atoms with E-state index >= 15 is 0 Å². The molecule has 0 bridgehead atoms. The van der Waals surface area contributed by atoms with Crippen LogP contribution in [0.25, 0.3) is 0 Å². The van der Waals surface area contributed by atoms with E-state index in [1.54, 1.807) is 0 Å². The molecule has 2 saturated carbocycles. The maximum absolute atomic E-state index is 5.37. The Hall–Kier alpha value is -0.830. The molecule has 26 heavy (non-hydrogen) atoms. The van der Waals surface area contributed by atoms with E-state index in [0.29, 0.717) is 12.5 Å². The van der Waals surface area contributed by atoms with Crippen LogP contribution in [0.5, 0.6) is 0 Å². The zero-order valence-corrected chi connectivity index (χ0v) is 18.7. The van der Waals surface area contributed by atoms with E-state index in [-0.39, 0.29) is 24.0 Å². The van der Waals surface area contributed by atoms with Crippen LogP contribution in [0.3, 0.4) is 0 Å². The lowest BCUT2D eigenvalue weighted by atomic mass is 10.1. The van der Waals surface area contributed by atoms with Crippen LogP contribution in [0.4, 0.5) is 0 Å². The van der Waals surface area contributed by atoms with Crippen molar-refractivity contribution in [2.75, 3.05) is 26.2 Å². The van der Waals surface area contributed by atoms with E-state index in [4.69, 9.17) is 4.52 Å². The predicted octanol–water partition coefficient (Wildman–Crippen LogP) is 3.35. The highest BCUT2D eigenvalue weighted by molar-refractivity contribution is 14.0. The molecular weight excluding hydrogens is 441 g/mol. The Morgan fingerprint density at radius 2 is 2.08 bits per heavy atom. The number of nitrogens with one attached hydrogen (secondary N) is 2. The van der Waals surface area contributed by atoms with Crippen LogP contribution in [0.2, 0.25) is 0 Å². The van der Waals surface area contributed by atoms with Gasteiger partial charge in [-0.05, 0) is 44.4 Å². The van der Waals surface area contributed by atoms with Gasteiger partial charge in [-0.25, -0.2) is 4.99 Å². The lowest BCUT2D eigenvalue weighted by Gasteiger charge is -2.22. The van der Waals surface area contributed by atoms with Gasteiger partial charge in [-0.2, -0.15) is 0 Å². The minimum Gasteiger partial charge on any atom is -0.359 e. The molecule has 0 aromatic carbocycles. The minimum atomic E-state index is 0. The van der Waals surface area contributed by atoms with Crippen molar-refractivity contribution in [3.63, 3.8) is 0 Å². The number of aliphatic imine (C=N–C) groups is 1. The summed E-state index contributed by atoms with van der Waals surface area (Å²) in [6.45, 7) is 11.0. The van der Waals surface area contributed by atoms with Crippen molar-refractivity contribution < 1.29 is 4.52 Å². The van der Waals surface area contributed by atoms with Gasteiger partial charge in [0.1, 0.15) is 6.54 Å². The van der Waals surface area contributed by atoms with Gasteiger partial charge < -0.3 is 15.2 Å². The van der Waals surface area contributed by atoms with E-state index < -0.39 is 0 Å². The molecule has 2 N–H and O–H groups in total. The van der Waals surface area contributed by atoms with Gasteiger partial charge in [0.15, 0.2) is 11.7 Å². The number of guanidine groups is 1. The topological polar surface area (TPSA) is 65.7 Å². The van der Waals surface area contributed by atoms with Crippen molar-refractivity contribution in [1.29, 1.82) is 0 Å². The molecule has 7 heteroatoms. The molecule has 0 amide bonds. The fraction of sp³-hybridized carbons (Fsp3) is 0.789. The smallest absolute Gasteiger partial charge is 0.191 e. The molecule has 1 aromatic rings. The highest BCUT2D eigenvalue weighted by Crippen LogP contribution is 2.34. The SMILES string of the molecule is CCNC(=NCc1cc(C(C)C)no1)NCCN(CC1CC1)C1CC1.I. The third kappa shape index (κ3) is 7.06. The van der Waals surface area contributed by atoms with Crippen LogP contribution in [-0.2, 0) is 6.54 Å². The first-order valence-corrected chi connectivity index (χ1v) is 9.87. The summed E-state index contributed by atoms with van der Waals surface area (Å²) in [5, 5.41) is 10.9. The lowest BCUT2D eigenvalue weighted by molar-refractivity contribution is 0.256. The molecule has 0 spiro atoms. The zero-order valence-electron chi connectivity index (χ0n) is 16.3. The first-order valence-electron chi connectivity index (χ1n) is 9.87. The Labute approximate surface area is 174 Å². The Balaban J connectivity index is 0.00000243. The quantitative estimate of drug-likeness (QED) is 0.309. The third-order valence-electron chi connectivity index (χ3n) is 4.85. The minimum absolute atomic E-state index is 0. The number of hydrogen-bond donors (Lipinski definition) is 2. The van der Waals surface area contributed by atoms with Gasteiger partial charge in [0.05, 0.1) is 5.69 Å². The molecule has 0 atom stereocenters. The number of nitrogens with zero attached hydrogens (tertiary/aromatic N) is 3. The molecule has 1 heterocycles. The normalized spacial score (nSPS) is 17.5. The molecule has 2 aliphatic carbocycles. The van der Waals surface area contributed by atoms with Crippen LogP contribution in [0, 0.1) is 5.92 Å². The van der Waals surface area contributed by atoms with E-state index in [9.17, 15) is 0 Å². The average Bonchev–Trinajstić information content (AvgIpc) is 3.50. The zero-order chi connectivity index (χ0) is 17.6. The van der Waals surface area contributed by atoms with Crippen LogP contribution in [-0.4, -0.2) is 48.2 Å². The molecule has 148 valence electrons. The van der Waals surface area contributed by atoms with Crippen molar-refractivity contribution in [2.24, 2.45) is 10.9 Å². The van der Waals surface area contributed by atoms with Crippen molar-refractivity contribution in [3.8, 4) is 0 Å². The molecule has 1 aromatic heterocycles. The standard InChI is InChI=1S/C19H33N5O.HI/c1-4-20-19(22-12-17-11-18(14(2)3)23-25-17)21-9-10-24(16-7-8-16)13-15-5-6-15;/h11,14-16H,4-10,12-13H2,1-3H3,(H2,20,21,22);1H. The fourth-order valence-corrected chi connectivity index (χ4v) is 2.99. The molecule has 6 nitrogen and oxygen atoms in total. The van der Waals surface area contributed by atoms with E-state index in [2.05, 4.69) is 46.5 Å². The average molecular weight is 475 g/mol. The number of hydrogen-bond acceptors (Lipinski definition) is 4. The molecular formula is C19H34IN5O. The summed E-state index contributed by atoms with van der Waals surface area (Å²) >= 11 is 0. The molecule has 0 radical (unpaired) electrons. The lowest BCUT2D eigenvalue weighted by Crippen LogP contribution is -2.42. The van der Waals surface area contributed by atoms with Gasteiger partial charge in [-0.1, -0.05) is 19.0 Å². The Bertz CT molecular complexity index is 566. The summed E-state index contributed by atoms with van der Waals surface area (Å²) in [7, 11) is 0. The van der Waals surface area contributed by atoms with Crippen LogP contribution >= 0.6 is 24.0 Å². The second-order valence-electron chi connectivity index (χ2n) is 7.66. The van der Waals surface area contributed by atoms with Gasteiger partial charge in [-0.3, -0.25) is 4.90 Å². The van der Waals surface area contributed by atoms with Crippen LogP contribution in [0.15, 0.2) is 15.6 Å². The molecule has 3 rings (SSSR count). The number of halogens is 1. The van der Waals surface area contributed by atoms with Crippen LogP contribution in [0.1, 0.15) is 63.8 Å². The molecule has 2 aliphatic rings. The highest BCUT2D eigenvalue weighted by Gasteiger charge is 2.33. The summed E-state index contributed by atoms with van der Waals surface area (Å²) in [6, 6.07) is 2.84. The van der Waals surface area contributed by atoms with Crippen molar-refractivity contribution >= 4 is 29.9 Å². The molecule has 0 unspecified atom stereocenters. The van der Waals surface area contributed by atoms with E-state index in [0.717, 1.165) is 49.0 Å². The van der Waals surface area contributed by atoms with Gasteiger partial charge in [0, 0.05) is 38.3 Å². The maximum Gasteiger partial charge on any atom is 0.191 e. The van der Waals surface area contributed by atoms with Crippen LogP contribution < -0.4 is 10.6 Å². The maximum atomic E-state index is 5.37. The first-order chi connectivity index (χ1) is 12.2. The van der Waals surface area contributed by atoms with Crippen molar-refractivity contribution in [3.05, 3.63) is 17.5 Å². The van der Waals surface area contributed by atoms with Gasteiger partial charge >= 0.3 is 0 Å².